The van der Waals surface area contributed by atoms with Gasteiger partial charge in [0.1, 0.15) is 5.82 Å². The molecule has 7 heteroatoms. The molecule has 1 aliphatic rings. The lowest BCUT2D eigenvalue weighted by molar-refractivity contribution is 0.0626. The number of hydrogen-bond acceptors (Lipinski definition) is 5. The average molecular weight is 441 g/mol. The fraction of sp³-hybridized carbons (Fsp3) is 0.292. The van der Waals surface area contributed by atoms with Gasteiger partial charge in [0, 0.05) is 42.5 Å². The summed E-state index contributed by atoms with van der Waals surface area (Å²) < 4.78 is 24.2. The van der Waals surface area contributed by atoms with Crippen LogP contribution in [0.4, 0.5) is 4.39 Å². The van der Waals surface area contributed by atoms with Crippen LogP contribution in [0.3, 0.4) is 0 Å². The van der Waals surface area contributed by atoms with E-state index in [1.54, 1.807) is 55.9 Å². The lowest BCUT2D eigenvalue weighted by atomic mass is 10.1. The van der Waals surface area contributed by atoms with Crippen molar-refractivity contribution in [3.63, 3.8) is 0 Å². The van der Waals surface area contributed by atoms with Gasteiger partial charge in [-0.15, -0.1) is 11.3 Å². The number of rotatable bonds is 6. The number of carbonyl (C=O) groups excluding carboxylic acids is 1. The van der Waals surface area contributed by atoms with Gasteiger partial charge in [0.05, 0.1) is 19.8 Å². The van der Waals surface area contributed by atoms with E-state index in [1.165, 1.54) is 10.9 Å². The van der Waals surface area contributed by atoms with Gasteiger partial charge in [-0.2, -0.15) is 0 Å². The van der Waals surface area contributed by atoms with Crippen LogP contribution in [0.1, 0.15) is 15.2 Å². The van der Waals surface area contributed by atoms with Crippen molar-refractivity contribution in [2.75, 3.05) is 40.4 Å². The lowest BCUT2D eigenvalue weighted by Gasteiger charge is -2.34. The molecule has 1 aromatic heterocycles. The maximum absolute atomic E-state index is 13.5. The second-order valence-electron chi connectivity index (χ2n) is 7.39. The van der Waals surface area contributed by atoms with Crippen LogP contribution >= 0.6 is 11.3 Å². The van der Waals surface area contributed by atoms with Crippen molar-refractivity contribution in [3.05, 3.63) is 70.9 Å². The molecule has 0 atom stereocenters. The predicted octanol–water partition coefficient (Wildman–Crippen LogP) is 4.53. The fourth-order valence-corrected chi connectivity index (χ4v) is 4.86. The van der Waals surface area contributed by atoms with Gasteiger partial charge in [-0.25, -0.2) is 4.39 Å². The molecule has 0 spiro atoms. The van der Waals surface area contributed by atoms with Crippen LogP contribution in [-0.2, 0) is 6.54 Å². The first-order valence-electron chi connectivity index (χ1n) is 10.2. The van der Waals surface area contributed by atoms with E-state index in [4.69, 9.17) is 9.47 Å². The first kappa shape index (κ1) is 21.3. The zero-order chi connectivity index (χ0) is 21.8. The Labute approximate surface area is 185 Å². The molecule has 162 valence electrons. The minimum atomic E-state index is -0.221. The molecule has 1 aliphatic heterocycles. The first-order valence-corrected chi connectivity index (χ1v) is 11.0. The van der Waals surface area contributed by atoms with E-state index >= 15 is 0 Å². The third-order valence-corrected chi connectivity index (χ3v) is 6.56. The highest BCUT2D eigenvalue weighted by Crippen LogP contribution is 2.32. The molecular weight excluding hydrogens is 415 g/mol. The summed E-state index contributed by atoms with van der Waals surface area (Å²) in [7, 11) is 3.11. The fourth-order valence-electron chi connectivity index (χ4n) is 3.82. The summed E-state index contributed by atoms with van der Waals surface area (Å²) in [5, 5.41) is 0. The summed E-state index contributed by atoms with van der Waals surface area (Å²) in [4.78, 5) is 19.5. The first-order chi connectivity index (χ1) is 15.1. The summed E-state index contributed by atoms with van der Waals surface area (Å²) in [6.45, 7) is 3.73. The van der Waals surface area contributed by atoms with Gasteiger partial charge < -0.3 is 14.4 Å². The van der Waals surface area contributed by atoms with Crippen LogP contribution in [0, 0.1) is 5.82 Å². The van der Waals surface area contributed by atoms with Crippen molar-refractivity contribution in [3.8, 4) is 21.9 Å². The number of ether oxygens (including phenoxy) is 2. The lowest BCUT2D eigenvalue weighted by Crippen LogP contribution is -2.48. The Morgan fingerprint density at radius 2 is 1.77 bits per heavy atom. The van der Waals surface area contributed by atoms with Crippen LogP contribution in [0.25, 0.3) is 10.4 Å². The van der Waals surface area contributed by atoms with Gasteiger partial charge in [-0.05, 0) is 42.0 Å². The minimum Gasteiger partial charge on any atom is -0.493 e. The highest BCUT2D eigenvalue weighted by atomic mass is 32.1. The van der Waals surface area contributed by atoms with E-state index in [-0.39, 0.29) is 11.7 Å². The highest BCUT2D eigenvalue weighted by Gasteiger charge is 2.25. The molecule has 0 radical (unpaired) electrons. The largest absolute Gasteiger partial charge is 0.493 e. The number of hydrogen-bond donors (Lipinski definition) is 0. The van der Waals surface area contributed by atoms with Gasteiger partial charge in [0.2, 0.25) is 0 Å². The summed E-state index contributed by atoms with van der Waals surface area (Å²) in [6, 6.07) is 16.2. The molecule has 0 saturated carbocycles. The second-order valence-corrected chi connectivity index (χ2v) is 8.55. The molecule has 0 aliphatic carbocycles. The Hall–Kier alpha value is -2.90. The highest BCUT2D eigenvalue weighted by molar-refractivity contribution is 7.15. The van der Waals surface area contributed by atoms with E-state index in [1.807, 2.05) is 17.0 Å². The van der Waals surface area contributed by atoms with Crippen molar-refractivity contribution in [1.82, 2.24) is 9.80 Å². The normalized spacial score (nSPS) is 14.5. The molecule has 1 fully saturated rings. The Bertz CT molecular complexity index is 1060. The molecule has 5 nitrogen and oxygen atoms in total. The molecule has 2 heterocycles. The molecule has 2 aromatic carbocycles. The zero-order valence-electron chi connectivity index (χ0n) is 17.6. The quantitative estimate of drug-likeness (QED) is 0.565. The Morgan fingerprint density at radius 1 is 1.00 bits per heavy atom. The van der Waals surface area contributed by atoms with Crippen molar-refractivity contribution in [2.45, 2.75) is 6.54 Å². The molecule has 31 heavy (non-hydrogen) atoms. The molecule has 0 bridgehead atoms. The molecule has 1 amide bonds. The van der Waals surface area contributed by atoms with E-state index in [2.05, 4.69) is 11.0 Å². The Kier molecular flexibility index (Phi) is 6.53. The SMILES string of the molecule is COc1cccc(C(=O)N2CCN(Cc3ccc(-c4cccc(F)c4)s3)CC2)c1OC. The van der Waals surface area contributed by atoms with Crippen LogP contribution in [0.2, 0.25) is 0 Å². The Morgan fingerprint density at radius 3 is 2.48 bits per heavy atom. The number of piperazine rings is 1. The summed E-state index contributed by atoms with van der Waals surface area (Å²) in [5.41, 5.74) is 1.42. The number of carbonyl (C=O) groups is 1. The predicted molar refractivity (Wildman–Crippen MR) is 120 cm³/mol. The standard InChI is InChI=1S/C24H25FN2O3S/c1-29-21-8-4-7-20(23(21)30-2)24(28)27-13-11-26(12-14-27)16-19-9-10-22(31-19)17-5-3-6-18(25)15-17/h3-10,15H,11-14,16H2,1-2H3. The number of amides is 1. The molecule has 4 rings (SSSR count). The molecule has 1 saturated heterocycles. The smallest absolute Gasteiger partial charge is 0.257 e. The maximum atomic E-state index is 13.5. The van der Waals surface area contributed by atoms with Gasteiger partial charge in [0.25, 0.3) is 5.91 Å². The van der Waals surface area contributed by atoms with Crippen LogP contribution < -0.4 is 9.47 Å². The van der Waals surface area contributed by atoms with E-state index in [0.29, 0.717) is 30.2 Å². The average Bonchev–Trinajstić information content (AvgIpc) is 3.27. The van der Waals surface area contributed by atoms with Crippen LogP contribution in [0.5, 0.6) is 11.5 Å². The molecule has 3 aromatic rings. The number of halogens is 1. The van der Waals surface area contributed by atoms with Crippen molar-refractivity contribution in [2.24, 2.45) is 0 Å². The van der Waals surface area contributed by atoms with E-state index in [0.717, 1.165) is 30.1 Å². The number of thiophene rings is 1. The maximum Gasteiger partial charge on any atom is 0.257 e. The van der Waals surface area contributed by atoms with Crippen LogP contribution in [0.15, 0.2) is 54.6 Å². The van der Waals surface area contributed by atoms with Crippen molar-refractivity contribution in [1.29, 1.82) is 0 Å². The number of benzene rings is 2. The topological polar surface area (TPSA) is 42.0 Å². The van der Waals surface area contributed by atoms with Gasteiger partial charge in [0.15, 0.2) is 11.5 Å². The van der Waals surface area contributed by atoms with Crippen LogP contribution in [-0.4, -0.2) is 56.1 Å². The van der Waals surface area contributed by atoms with Gasteiger partial charge in [-0.3, -0.25) is 9.69 Å². The number of methoxy groups -OCH3 is 2. The van der Waals surface area contributed by atoms with E-state index < -0.39 is 0 Å². The second kappa shape index (κ2) is 9.49. The van der Waals surface area contributed by atoms with Gasteiger partial charge in [-0.1, -0.05) is 18.2 Å². The summed E-state index contributed by atoms with van der Waals surface area (Å²) in [5.74, 6) is 0.764. The zero-order valence-corrected chi connectivity index (χ0v) is 18.5. The number of para-hydroxylation sites is 1. The Balaban J connectivity index is 1.37. The third kappa shape index (κ3) is 4.73. The van der Waals surface area contributed by atoms with Crippen molar-refractivity contribution < 1.29 is 18.7 Å². The van der Waals surface area contributed by atoms with E-state index in [9.17, 15) is 9.18 Å². The minimum absolute atomic E-state index is 0.0417. The summed E-state index contributed by atoms with van der Waals surface area (Å²) in [6.07, 6.45) is 0. The summed E-state index contributed by atoms with van der Waals surface area (Å²) >= 11 is 1.68. The molecule has 0 N–H and O–H groups in total. The molecular formula is C24H25FN2O3S. The monoisotopic (exact) mass is 440 g/mol. The van der Waals surface area contributed by atoms with Gasteiger partial charge >= 0.3 is 0 Å². The number of nitrogens with zero attached hydrogens (tertiary/aromatic N) is 2. The third-order valence-electron chi connectivity index (χ3n) is 5.44. The van der Waals surface area contributed by atoms with Crippen molar-refractivity contribution >= 4 is 17.2 Å². The molecule has 0 unspecified atom stereocenters.